The van der Waals surface area contributed by atoms with E-state index in [2.05, 4.69) is 5.32 Å². The Labute approximate surface area is 125 Å². The van der Waals surface area contributed by atoms with Gasteiger partial charge in [-0.15, -0.1) is 12.4 Å². The van der Waals surface area contributed by atoms with Crippen LogP contribution in [0.25, 0.3) is 0 Å². The summed E-state index contributed by atoms with van der Waals surface area (Å²) in [7, 11) is 1.88. The largest absolute Gasteiger partial charge is 0.342 e. The monoisotopic (exact) mass is 300 g/mol. The number of hydrogen-bond acceptors (Lipinski definition) is 2. The van der Waals surface area contributed by atoms with E-state index in [0.29, 0.717) is 12.5 Å². The van der Waals surface area contributed by atoms with Crippen LogP contribution in [0, 0.1) is 5.82 Å². The van der Waals surface area contributed by atoms with E-state index in [4.69, 9.17) is 0 Å². The molecule has 0 radical (unpaired) electrons. The topological polar surface area (TPSA) is 32.3 Å². The molecule has 112 valence electrons. The number of hydrogen-bond donors (Lipinski definition) is 1. The third-order valence-electron chi connectivity index (χ3n) is 3.75. The second-order valence-electron chi connectivity index (χ2n) is 5.14. The molecule has 3 nitrogen and oxygen atoms in total. The van der Waals surface area contributed by atoms with Gasteiger partial charge in [-0.05, 0) is 50.0 Å². The number of nitrogens with zero attached hydrogens (tertiary/aromatic N) is 1. The predicted octanol–water partition coefficient (Wildman–Crippen LogP) is 2.39. The lowest BCUT2D eigenvalue weighted by atomic mass is 10.1. The molecule has 0 aliphatic carbocycles. The summed E-state index contributed by atoms with van der Waals surface area (Å²) in [5.74, 6) is -0.155. The molecule has 1 heterocycles. The molecule has 0 spiro atoms. The summed E-state index contributed by atoms with van der Waals surface area (Å²) in [6, 6.07) is 6.48. The Hall–Kier alpha value is -1.13. The molecule has 1 aliphatic rings. The van der Waals surface area contributed by atoms with Gasteiger partial charge in [0.05, 0.1) is 6.42 Å². The zero-order chi connectivity index (χ0) is 13.7. The SMILES string of the molecule is CN(C(=O)Cc1ccc(F)cc1)C1CCCNCC1.Cl. The van der Waals surface area contributed by atoms with E-state index in [1.807, 2.05) is 11.9 Å². The Kier molecular flexibility index (Phi) is 6.96. The van der Waals surface area contributed by atoms with Crippen molar-refractivity contribution in [2.24, 2.45) is 0 Å². The van der Waals surface area contributed by atoms with E-state index in [1.165, 1.54) is 12.1 Å². The van der Waals surface area contributed by atoms with Crippen molar-refractivity contribution in [1.82, 2.24) is 10.2 Å². The Bertz CT molecular complexity index is 416. The fourth-order valence-corrected chi connectivity index (χ4v) is 2.49. The minimum atomic E-state index is -0.264. The molecule has 1 unspecified atom stereocenters. The molecule has 0 bridgehead atoms. The zero-order valence-corrected chi connectivity index (χ0v) is 12.6. The molecule has 20 heavy (non-hydrogen) atoms. The molecule has 0 saturated carbocycles. The van der Waals surface area contributed by atoms with E-state index in [-0.39, 0.29) is 24.1 Å². The summed E-state index contributed by atoms with van der Waals surface area (Å²) >= 11 is 0. The minimum absolute atomic E-state index is 0. The highest BCUT2D eigenvalue weighted by Gasteiger charge is 2.20. The Morgan fingerprint density at radius 3 is 2.70 bits per heavy atom. The summed E-state index contributed by atoms with van der Waals surface area (Å²) in [4.78, 5) is 14.1. The van der Waals surface area contributed by atoms with Crippen LogP contribution in [0.4, 0.5) is 4.39 Å². The van der Waals surface area contributed by atoms with Gasteiger partial charge in [0, 0.05) is 13.1 Å². The van der Waals surface area contributed by atoms with E-state index in [1.54, 1.807) is 12.1 Å². The van der Waals surface area contributed by atoms with E-state index in [9.17, 15) is 9.18 Å². The molecule has 1 amide bonds. The van der Waals surface area contributed by atoms with E-state index >= 15 is 0 Å². The first-order chi connectivity index (χ1) is 9.16. The lowest BCUT2D eigenvalue weighted by molar-refractivity contribution is -0.131. The number of benzene rings is 1. The quantitative estimate of drug-likeness (QED) is 0.929. The van der Waals surface area contributed by atoms with Crippen LogP contribution in [0.3, 0.4) is 0 Å². The third-order valence-corrected chi connectivity index (χ3v) is 3.75. The number of likely N-dealkylation sites (N-methyl/N-ethyl adjacent to an activating group) is 1. The summed E-state index contributed by atoms with van der Waals surface area (Å²) in [6.45, 7) is 2.01. The van der Waals surface area contributed by atoms with Gasteiger partial charge in [0.15, 0.2) is 0 Å². The lowest BCUT2D eigenvalue weighted by Crippen LogP contribution is -2.38. The highest BCUT2D eigenvalue weighted by atomic mass is 35.5. The third kappa shape index (κ3) is 4.76. The smallest absolute Gasteiger partial charge is 0.226 e. The number of amides is 1. The molecule has 0 aromatic heterocycles. The van der Waals surface area contributed by atoms with Gasteiger partial charge in [-0.3, -0.25) is 4.79 Å². The minimum Gasteiger partial charge on any atom is -0.342 e. The Morgan fingerprint density at radius 1 is 1.30 bits per heavy atom. The van der Waals surface area contributed by atoms with Gasteiger partial charge >= 0.3 is 0 Å². The second-order valence-corrected chi connectivity index (χ2v) is 5.14. The van der Waals surface area contributed by atoms with Gasteiger partial charge < -0.3 is 10.2 Å². The molecule has 2 rings (SSSR count). The van der Waals surface area contributed by atoms with Crippen molar-refractivity contribution in [3.05, 3.63) is 35.6 Å². The van der Waals surface area contributed by atoms with E-state index < -0.39 is 0 Å². The van der Waals surface area contributed by atoms with Crippen molar-refractivity contribution in [2.45, 2.75) is 31.7 Å². The van der Waals surface area contributed by atoms with Crippen molar-refractivity contribution in [1.29, 1.82) is 0 Å². The molecule has 1 N–H and O–H groups in total. The molecule has 1 atom stereocenters. The number of halogens is 2. The summed E-state index contributed by atoms with van der Waals surface area (Å²) in [5, 5.41) is 3.35. The Balaban J connectivity index is 0.00000200. The van der Waals surface area contributed by atoms with Crippen LogP contribution in [-0.2, 0) is 11.2 Å². The van der Waals surface area contributed by atoms with Crippen molar-refractivity contribution in [3.63, 3.8) is 0 Å². The lowest BCUT2D eigenvalue weighted by Gasteiger charge is -2.27. The van der Waals surface area contributed by atoms with Gasteiger partial charge in [-0.2, -0.15) is 0 Å². The fraction of sp³-hybridized carbons (Fsp3) is 0.533. The van der Waals surface area contributed by atoms with Crippen LogP contribution < -0.4 is 5.32 Å². The van der Waals surface area contributed by atoms with Crippen LogP contribution in [-0.4, -0.2) is 37.0 Å². The molecular formula is C15H22ClFN2O. The van der Waals surface area contributed by atoms with Gasteiger partial charge in [0.2, 0.25) is 5.91 Å². The van der Waals surface area contributed by atoms with Gasteiger partial charge in [-0.25, -0.2) is 4.39 Å². The van der Waals surface area contributed by atoms with Crippen molar-refractivity contribution >= 4 is 18.3 Å². The molecule has 5 heteroatoms. The number of rotatable bonds is 3. The van der Waals surface area contributed by atoms with Crippen LogP contribution in [0.5, 0.6) is 0 Å². The first-order valence-electron chi connectivity index (χ1n) is 6.87. The average molecular weight is 301 g/mol. The maximum Gasteiger partial charge on any atom is 0.226 e. The second kappa shape index (κ2) is 8.22. The number of nitrogens with one attached hydrogen (secondary N) is 1. The van der Waals surface area contributed by atoms with Crippen LogP contribution >= 0.6 is 12.4 Å². The van der Waals surface area contributed by atoms with Gasteiger partial charge in [0.1, 0.15) is 5.82 Å². The van der Waals surface area contributed by atoms with Gasteiger partial charge in [-0.1, -0.05) is 12.1 Å². The predicted molar refractivity (Wildman–Crippen MR) is 80.6 cm³/mol. The highest BCUT2D eigenvalue weighted by Crippen LogP contribution is 2.13. The molecule has 1 aromatic carbocycles. The molecule has 1 aromatic rings. The summed E-state index contributed by atoms with van der Waals surface area (Å²) in [5.41, 5.74) is 0.866. The molecule has 1 saturated heterocycles. The molecule has 1 aliphatic heterocycles. The summed E-state index contributed by atoms with van der Waals surface area (Å²) < 4.78 is 12.8. The van der Waals surface area contributed by atoms with Crippen molar-refractivity contribution < 1.29 is 9.18 Å². The molecular weight excluding hydrogens is 279 g/mol. The molecule has 1 fully saturated rings. The number of carbonyl (C=O) groups excluding carboxylic acids is 1. The van der Waals surface area contributed by atoms with E-state index in [0.717, 1.165) is 37.9 Å². The normalized spacial score (nSPS) is 18.8. The fourth-order valence-electron chi connectivity index (χ4n) is 2.49. The number of carbonyl (C=O) groups is 1. The first kappa shape index (κ1) is 16.9. The van der Waals surface area contributed by atoms with Crippen LogP contribution in [0.15, 0.2) is 24.3 Å². The van der Waals surface area contributed by atoms with Gasteiger partial charge in [0.25, 0.3) is 0 Å². The average Bonchev–Trinajstić information content (AvgIpc) is 2.69. The highest BCUT2D eigenvalue weighted by molar-refractivity contribution is 5.85. The standard InChI is InChI=1S/C15H21FN2O.ClH/c1-18(14-3-2-9-17-10-8-14)15(19)11-12-4-6-13(16)7-5-12;/h4-7,14,17H,2-3,8-11H2,1H3;1H. The Morgan fingerprint density at radius 2 is 2.00 bits per heavy atom. The van der Waals surface area contributed by atoms with Crippen molar-refractivity contribution in [3.8, 4) is 0 Å². The maximum absolute atomic E-state index is 12.8. The zero-order valence-electron chi connectivity index (χ0n) is 11.8. The van der Waals surface area contributed by atoms with Crippen molar-refractivity contribution in [2.75, 3.05) is 20.1 Å². The maximum atomic E-state index is 12.8. The summed E-state index contributed by atoms with van der Waals surface area (Å²) in [6.07, 6.45) is 3.52. The van der Waals surface area contributed by atoms with Crippen LogP contribution in [0.2, 0.25) is 0 Å². The van der Waals surface area contributed by atoms with Crippen LogP contribution in [0.1, 0.15) is 24.8 Å². The first-order valence-corrected chi connectivity index (χ1v) is 6.87.